The number of rotatable bonds is 0. The van der Waals surface area contributed by atoms with E-state index < -0.39 is 35.9 Å². The van der Waals surface area contributed by atoms with Gasteiger partial charge in [0.2, 0.25) is 0 Å². The highest BCUT2D eigenvalue weighted by Gasteiger charge is 2.75. The standard InChI is InChI=1S/C12H12F4O2/c13-11(14)9-5-1-2-6(8-4-17-3-7(5)8)10(9)12(15,16)18-11/h1-2,5-10H,3-4H2/t5-,6+,7+,8-,9-,10+. The number of ether oxygens (including phenoxy) is 2. The van der Waals surface area contributed by atoms with Crippen molar-refractivity contribution in [3.05, 3.63) is 12.2 Å². The van der Waals surface area contributed by atoms with Gasteiger partial charge in [-0.15, -0.1) is 0 Å². The summed E-state index contributed by atoms with van der Waals surface area (Å²) in [5, 5.41) is 0. The summed E-state index contributed by atoms with van der Waals surface area (Å²) >= 11 is 0. The third kappa shape index (κ3) is 1.16. The van der Waals surface area contributed by atoms with E-state index in [-0.39, 0.29) is 11.8 Å². The van der Waals surface area contributed by atoms with Crippen LogP contribution in [0.2, 0.25) is 0 Å². The zero-order valence-electron chi connectivity index (χ0n) is 9.36. The van der Waals surface area contributed by atoms with Crippen molar-refractivity contribution in [1.29, 1.82) is 0 Å². The van der Waals surface area contributed by atoms with Crippen molar-refractivity contribution in [3.8, 4) is 0 Å². The zero-order valence-corrected chi connectivity index (χ0v) is 9.36. The molecule has 0 spiro atoms. The lowest BCUT2D eigenvalue weighted by Crippen LogP contribution is -2.52. The van der Waals surface area contributed by atoms with E-state index in [0.717, 1.165) is 0 Å². The third-order valence-electron chi connectivity index (χ3n) is 4.98. The number of hydrogen-bond donors (Lipinski definition) is 0. The first kappa shape index (κ1) is 11.2. The lowest BCUT2D eigenvalue weighted by molar-refractivity contribution is -0.343. The maximum absolute atomic E-state index is 13.7. The first-order chi connectivity index (χ1) is 8.42. The molecule has 2 nitrogen and oxygen atoms in total. The fourth-order valence-corrected chi connectivity index (χ4v) is 4.36. The van der Waals surface area contributed by atoms with Crippen molar-refractivity contribution >= 4 is 0 Å². The molecule has 6 heteroatoms. The molecule has 0 unspecified atom stereocenters. The average Bonchev–Trinajstić information content (AvgIpc) is 2.82. The van der Waals surface area contributed by atoms with Crippen LogP contribution in [-0.4, -0.2) is 25.4 Å². The van der Waals surface area contributed by atoms with Gasteiger partial charge in [0.05, 0.1) is 25.0 Å². The molecule has 0 aromatic carbocycles. The van der Waals surface area contributed by atoms with E-state index >= 15 is 0 Å². The second-order valence-corrected chi connectivity index (χ2v) is 5.68. The molecule has 2 saturated heterocycles. The maximum atomic E-state index is 13.7. The molecule has 2 bridgehead atoms. The quantitative estimate of drug-likeness (QED) is 0.494. The normalized spacial score (nSPS) is 54.4. The molecule has 6 atom stereocenters. The molecule has 3 aliphatic carbocycles. The second-order valence-electron chi connectivity index (χ2n) is 5.68. The Hall–Kier alpha value is -0.620. The lowest BCUT2D eigenvalue weighted by Gasteiger charge is -2.48. The topological polar surface area (TPSA) is 18.5 Å². The smallest absolute Gasteiger partial charge is 0.364 e. The van der Waals surface area contributed by atoms with Crippen LogP contribution in [0.25, 0.3) is 0 Å². The summed E-state index contributed by atoms with van der Waals surface area (Å²) in [6, 6.07) is 0. The molecule has 2 aliphatic heterocycles. The summed E-state index contributed by atoms with van der Waals surface area (Å²) in [5.74, 6) is -4.07. The molecule has 0 aromatic heterocycles. The minimum atomic E-state index is -3.74. The molecule has 0 aromatic rings. The van der Waals surface area contributed by atoms with Crippen LogP contribution in [0, 0.1) is 35.5 Å². The zero-order chi connectivity index (χ0) is 12.7. The Balaban J connectivity index is 1.83. The number of allylic oxidation sites excluding steroid dienone is 2. The van der Waals surface area contributed by atoms with Crippen molar-refractivity contribution in [1.82, 2.24) is 0 Å². The molecule has 0 radical (unpaired) electrons. The van der Waals surface area contributed by atoms with Gasteiger partial charge in [0.25, 0.3) is 0 Å². The van der Waals surface area contributed by atoms with Gasteiger partial charge in [0, 0.05) is 0 Å². The summed E-state index contributed by atoms with van der Waals surface area (Å²) in [4.78, 5) is 0. The van der Waals surface area contributed by atoms with Gasteiger partial charge in [0.15, 0.2) is 0 Å². The molecular formula is C12H12F4O2. The van der Waals surface area contributed by atoms with Crippen LogP contribution in [0.3, 0.4) is 0 Å². The van der Waals surface area contributed by atoms with E-state index in [1.54, 1.807) is 12.2 Å². The Kier molecular flexibility index (Phi) is 1.93. The van der Waals surface area contributed by atoms with Crippen LogP contribution < -0.4 is 0 Å². The van der Waals surface area contributed by atoms with Gasteiger partial charge in [-0.05, 0) is 23.7 Å². The molecular weight excluding hydrogens is 252 g/mol. The average molecular weight is 264 g/mol. The van der Waals surface area contributed by atoms with Gasteiger partial charge in [-0.1, -0.05) is 12.2 Å². The lowest BCUT2D eigenvalue weighted by atomic mass is 9.54. The van der Waals surface area contributed by atoms with E-state index in [1.165, 1.54) is 0 Å². The molecule has 100 valence electrons. The summed E-state index contributed by atoms with van der Waals surface area (Å²) in [6.07, 6.45) is -4.15. The third-order valence-corrected chi connectivity index (χ3v) is 4.98. The van der Waals surface area contributed by atoms with Crippen LogP contribution in [0.5, 0.6) is 0 Å². The Labute approximate surface area is 101 Å². The predicted octanol–water partition coefficient (Wildman–Crippen LogP) is 2.51. The molecule has 2 heterocycles. The minimum absolute atomic E-state index is 0.0652. The molecule has 0 N–H and O–H groups in total. The van der Waals surface area contributed by atoms with Crippen molar-refractivity contribution < 1.29 is 27.0 Å². The minimum Gasteiger partial charge on any atom is -0.381 e. The van der Waals surface area contributed by atoms with Gasteiger partial charge in [0.1, 0.15) is 0 Å². The largest absolute Gasteiger partial charge is 0.381 e. The van der Waals surface area contributed by atoms with E-state index in [1.807, 2.05) is 0 Å². The molecule has 1 saturated carbocycles. The van der Waals surface area contributed by atoms with E-state index in [4.69, 9.17) is 4.74 Å². The molecule has 0 amide bonds. The summed E-state index contributed by atoms with van der Waals surface area (Å²) in [6.45, 7) is 0.780. The van der Waals surface area contributed by atoms with Crippen LogP contribution >= 0.6 is 0 Å². The fraction of sp³-hybridized carbons (Fsp3) is 0.833. The highest BCUT2D eigenvalue weighted by molar-refractivity contribution is 5.20. The predicted molar refractivity (Wildman–Crippen MR) is 51.9 cm³/mol. The van der Waals surface area contributed by atoms with Crippen LogP contribution in [0.4, 0.5) is 17.6 Å². The van der Waals surface area contributed by atoms with Gasteiger partial charge in [-0.2, -0.15) is 17.6 Å². The van der Waals surface area contributed by atoms with Gasteiger partial charge >= 0.3 is 12.2 Å². The van der Waals surface area contributed by atoms with E-state index in [0.29, 0.717) is 13.2 Å². The number of halogens is 4. The van der Waals surface area contributed by atoms with Crippen LogP contribution in [0.15, 0.2) is 12.2 Å². The van der Waals surface area contributed by atoms with Crippen molar-refractivity contribution in [2.75, 3.05) is 13.2 Å². The highest BCUT2D eigenvalue weighted by Crippen LogP contribution is 2.65. The molecule has 5 aliphatic rings. The first-order valence-electron chi connectivity index (χ1n) is 6.14. The maximum Gasteiger partial charge on any atom is 0.364 e. The Morgan fingerprint density at radius 2 is 1.28 bits per heavy atom. The molecule has 5 rings (SSSR count). The van der Waals surface area contributed by atoms with E-state index in [9.17, 15) is 17.6 Å². The van der Waals surface area contributed by atoms with E-state index in [2.05, 4.69) is 4.74 Å². The first-order valence-corrected chi connectivity index (χ1v) is 6.14. The van der Waals surface area contributed by atoms with Gasteiger partial charge in [-0.25, -0.2) is 0 Å². The van der Waals surface area contributed by atoms with Crippen LogP contribution in [0.1, 0.15) is 0 Å². The van der Waals surface area contributed by atoms with Gasteiger partial charge < -0.3 is 4.74 Å². The Morgan fingerprint density at radius 1 is 0.833 bits per heavy atom. The van der Waals surface area contributed by atoms with Crippen molar-refractivity contribution in [3.63, 3.8) is 0 Å². The summed E-state index contributed by atoms with van der Waals surface area (Å²) in [7, 11) is 0. The van der Waals surface area contributed by atoms with Crippen molar-refractivity contribution in [2.24, 2.45) is 35.5 Å². The second kappa shape index (κ2) is 3.10. The fourth-order valence-electron chi connectivity index (χ4n) is 4.36. The molecule has 18 heavy (non-hydrogen) atoms. The monoisotopic (exact) mass is 264 g/mol. The SMILES string of the molecule is FC1(F)OC(F)(F)[C@H]2[C@H]3C=C[C@H]([C@@H]4COC[C@H]34)[C@H]21. The van der Waals surface area contributed by atoms with Crippen molar-refractivity contribution in [2.45, 2.75) is 12.2 Å². The molecule has 3 fully saturated rings. The summed E-state index contributed by atoms with van der Waals surface area (Å²) in [5.41, 5.74) is 0. The van der Waals surface area contributed by atoms with Crippen LogP contribution in [-0.2, 0) is 9.47 Å². The summed E-state index contributed by atoms with van der Waals surface area (Å²) < 4.78 is 63.9. The Morgan fingerprint density at radius 3 is 1.72 bits per heavy atom. The number of hydrogen-bond acceptors (Lipinski definition) is 2. The highest BCUT2D eigenvalue weighted by atomic mass is 19.3. The Bertz CT molecular complexity index is 386. The number of alkyl halides is 4. The van der Waals surface area contributed by atoms with Gasteiger partial charge in [-0.3, -0.25) is 4.74 Å².